The summed E-state index contributed by atoms with van der Waals surface area (Å²) in [5.41, 5.74) is -2.77. The van der Waals surface area contributed by atoms with Crippen molar-refractivity contribution in [3.63, 3.8) is 0 Å². The highest BCUT2D eigenvalue weighted by Crippen LogP contribution is 2.33. The Morgan fingerprint density at radius 3 is 1.88 bits per heavy atom. The molecule has 2 aliphatic rings. The Morgan fingerprint density at radius 1 is 0.846 bits per heavy atom. The number of anilines is 2. The molecule has 4 aromatic heterocycles. The van der Waals surface area contributed by atoms with Gasteiger partial charge in [0.1, 0.15) is 36.6 Å². The zero-order valence-corrected chi connectivity index (χ0v) is 29.5. The number of likely N-dealkylation sites (tertiary alicyclic amines) is 2. The number of nitriles is 1. The van der Waals surface area contributed by atoms with Crippen LogP contribution >= 0.6 is 57.5 Å². The predicted octanol–water partition coefficient (Wildman–Crippen LogP) is 9.68. The summed E-state index contributed by atoms with van der Waals surface area (Å²) < 4.78 is 282. The van der Waals surface area contributed by atoms with Crippen LogP contribution in [0.4, 0.5) is 11.6 Å². The lowest BCUT2D eigenvalue weighted by molar-refractivity contribution is 0.211. The number of aryl methyl sites for hydroxylation is 1. The Bertz CT molecular complexity index is 3740. The summed E-state index contributed by atoms with van der Waals surface area (Å²) in [5, 5.41) is 7.56. The number of nitrogens with zero attached hydrogens (tertiary/aromatic N) is 7. The zero-order valence-electron chi connectivity index (χ0n) is 58.6. The van der Waals surface area contributed by atoms with Gasteiger partial charge < -0.3 is 10.6 Å². The van der Waals surface area contributed by atoms with Crippen LogP contribution in [-0.2, 0) is 13.0 Å². The van der Waals surface area contributed by atoms with E-state index in [4.69, 9.17) is 80.1 Å². The number of fused-ring (bicyclic) bond motifs is 2. The molecule has 2 saturated heterocycles. The smallest absolute Gasteiger partial charge is 0.162 e. The fourth-order valence-electron chi connectivity index (χ4n) is 3.86. The lowest BCUT2D eigenvalue weighted by atomic mass is 10.0. The number of rotatable bonds is 8. The van der Waals surface area contributed by atoms with E-state index in [2.05, 4.69) is 19.9 Å². The van der Waals surface area contributed by atoms with Crippen LogP contribution in [0.5, 0.6) is 0 Å². The third kappa shape index (κ3) is 9.30. The second-order valence-electron chi connectivity index (χ2n) is 9.62. The molecule has 6 heterocycles. The molecule has 14 heteroatoms. The van der Waals surface area contributed by atoms with Gasteiger partial charge in [0.05, 0.1) is 43.4 Å². The second-order valence-corrected chi connectivity index (χ2v) is 13.2. The first-order valence-corrected chi connectivity index (χ1v) is 16.8. The molecular formula is C38H38Cl3N9S2. The summed E-state index contributed by atoms with van der Waals surface area (Å²) in [6.45, 7) is -22.1. The SMILES string of the molecule is [2H]c1nc(N([2H])C2([2H])C([2H])([2H])C([2H])([2H])N(C([2H])([2H])c3c([2H])cc(C)c(Cl)c3[2H])C([2H])([2H])C2([2H])[2H])c2c([2H])c(Cl)sc2n1.[2H]c1nc(N([2H])C2([2H])C([2H])([2H])C([2H])([2H])N(C([2H])([2H])c3c([2H])cc([2H])c(C#N)c3[2H])C([2H])([2H])C2([2H])[2H])c2c([2H])c(Cl)sc2n1. The number of aromatic nitrogens is 4. The lowest BCUT2D eigenvalue weighted by Gasteiger charge is -2.32. The molecule has 0 unspecified atom stereocenters. The number of benzene rings is 2. The van der Waals surface area contributed by atoms with Crippen LogP contribution in [0.15, 0.2) is 67.0 Å². The van der Waals surface area contributed by atoms with Gasteiger partial charge in [-0.25, -0.2) is 19.9 Å². The predicted molar refractivity (Wildman–Crippen MR) is 216 cm³/mol. The maximum absolute atomic E-state index is 9.36. The van der Waals surface area contributed by atoms with E-state index >= 15 is 0 Å². The monoisotopic (exact) mass is 822 g/mol. The summed E-state index contributed by atoms with van der Waals surface area (Å²) in [5.74, 6) is -1.85. The number of thiophene rings is 2. The molecule has 268 valence electrons. The minimum atomic E-state index is -4.09. The fraction of sp³-hybridized carbons (Fsp3) is 0.342. The lowest BCUT2D eigenvalue weighted by Crippen LogP contribution is -2.38. The van der Waals surface area contributed by atoms with Gasteiger partial charge in [-0.15, -0.1) is 22.7 Å². The molecule has 52 heavy (non-hydrogen) atoms. The van der Waals surface area contributed by atoms with Crippen molar-refractivity contribution in [2.24, 2.45) is 0 Å². The Morgan fingerprint density at radius 2 is 1.37 bits per heavy atom. The highest BCUT2D eigenvalue weighted by atomic mass is 35.5. The van der Waals surface area contributed by atoms with Crippen LogP contribution in [0.3, 0.4) is 0 Å². The van der Waals surface area contributed by atoms with E-state index in [1.165, 1.54) is 13.0 Å². The van der Waals surface area contributed by atoms with Gasteiger partial charge in [-0.2, -0.15) is 5.26 Å². The Kier molecular flexibility index (Phi) is 4.66. The van der Waals surface area contributed by atoms with Crippen molar-refractivity contribution in [2.45, 2.75) is 57.4 Å². The summed E-state index contributed by atoms with van der Waals surface area (Å²) in [4.78, 5) is 13.4. The zero-order chi connectivity index (χ0) is 65.4. The molecule has 0 radical (unpaired) electrons. The molecule has 2 N–H and O–H groups in total. The molecule has 0 spiro atoms. The first-order valence-electron chi connectivity index (χ1n) is 30.4. The van der Waals surface area contributed by atoms with Crippen molar-refractivity contribution in [3.05, 3.63) is 103 Å². The van der Waals surface area contributed by atoms with Gasteiger partial charge in [0.25, 0.3) is 0 Å². The van der Waals surface area contributed by atoms with Crippen LogP contribution in [-0.4, -0.2) is 67.8 Å². The van der Waals surface area contributed by atoms with Gasteiger partial charge in [-0.3, -0.25) is 9.80 Å². The molecule has 0 bridgehead atoms. The number of hydrogen-bond acceptors (Lipinski definition) is 11. The van der Waals surface area contributed by atoms with Gasteiger partial charge in [-0.1, -0.05) is 59.0 Å². The number of hydrogen-bond donors (Lipinski definition) is 2. The molecule has 2 fully saturated rings. The van der Waals surface area contributed by atoms with Crippen LogP contribution in [0, 0.1) is 18.3 Å². The summed E-state index contributed by atoms with van der Waals surface area (Å²) >= 11 is 19.4. The molecule has 0 saturated carbocycles. The maximum Gasteiger partial charge on any atom is 0.162 e. The van der Waals surface area contributed by atoms with E-state index in [0.29, 0.717) is 28.7 Å². The van der Waals surface area contributed by atoms with Crippen molar-refractivity contribution < 1.29 is 45.3 Å². The average molecular weight is 824 g/mol. The van der Waals surface area contributed by atoms with E-state index in [9.17, 15) is 5.26 Å². The Hall–Kier alpha value is -3.60. The van der Waals surface area contributed by atoms with Gasteiger partial charge >= 0.3 is 0 Å². The molecule has 6 aromatic rings. The Balaban J connectivity index is 0.000000244. The van der Waals surface area contributed by atoms with Crippen molar-refractivity contribution >= 4 is 89.5 Å². The first-order chi connectivity index (χ1) is 38.2. The molecule has 8 rings (SSSR count). The van der Waals surface area contributed by atoms with Crippen molar-refractivity contribution in [1.29, 1.82) is 5.26 Å². The fourth-order valence-corrected chi connectivity index (χ4v) is 5.94. The third-order valence-electron chi connectivity index (χ3n) is 6.14. The maximum atomic E-state index is 9.36. The average Bonchev–Trinajstić information content (AvgIpc) is 0.903. The quantitative estimate of drug-likeness (QED) is 0.155. The minimum absolute atomic E-state index is 0.163. The van der Waals surface area contributed by atoms with Crippen molar-refractivity contribution in [2.75, 3.05) is 36.6 Å². The molecule has 0 aliphatic carbocycles. The Labute approximate surface area is 373 Å². The first kappa shape index (κ1) is 14.2. The van der Waals surface area contributed by atoms with Crippen LogP contribution in [0.2, 0.25) is 16.5 Å². The van der Waals surface area contributed by atoms with Crippen molar-refractivity contribution in [1.82, 2.24) is 29.7 Å². The van der Waals surface area contributed by atoms with Gasteiger partial charge in [0.2, 0.25) is 0 Å². The van der Waals surface area contributed by atoms with Gasteiger partial charge in [0, 0.05) is 83.5 Å². The summed E-state index contributed by atoms with van der Waals surface area (Å²) in [6, 6.07) is -10.2. The van der Waals surface area contributed by atoms with Crippen LogP contribution in [0.25, 0.3) is 20.4 Å². The molecule has 2 aliphatic heterocycles. The number of piperidine rings is 2. The minimum Gasteiger partial charge on any atom is -0.367 e. The number of halogens is 3. The summed E-state index contributed by atoms with van der Waals surface area (Å²) in [6.07, 6.45) is -17.9. The molecule has 2 aromatic carbocycles. The van der Waals surface area contributed by atoms with E-state index < -0.39 is 180 Å². The van der Waals surface area contributed by atoms with Gasteiger partial charge in [0.15, 0.2) is 2.82 Å². The van der Waals surface area contributed by atoms with Crippen LogP contribution < -0.4 is 10.6 Å². The standard InChI is InChI=1S/C19H20Cl2N4S.C19H18ClN5S/c1-12-2-3-13(8-16(12)20)10-25-6-4-14(5-7-25)24-18-15-9-17(21)26-19(15)23-11-22-18;20-17-9-16-18(22-12-23-19(16)26-17)24-15-4-6-25(7-5-15)11-14-3-1-2-13(8-14)10-21/h2-3,8-9,11,14H,4-7,10H2,1H3,(H,22,23,24);1-3,8-9,12,15H,4-7,11H2,(H,22,23,24)/i3D,4D2,5D2,6D2,7D2,8D,9D,10D2,11D,14D;2D,3D,4D2,5D2,6D2,7D2,8D,9D,11D2,12D,15D/hD2. The van der Waals surface area contributed by atoms with E-state index in [-0.39, 0.29) is 39.5 Å². The molecule has 0 atom stereocenters. The van der Waals surface area contributed by atoms with Crippen molar-refractivity contribution in [3.8, 4) is 6.07 Å². The molecule has 0 amide bonds. The largest absolute Gasteiger partial charge is 0.367 e. The second kappa shape index (κ2) is 17.0. The normalized spacial score (nSPS) is 34.8. The van der Waals surface area contributed by atoms with E-state index in [0.717, 1.165) is 6.07 Å². The topological polar surface area (TPSA) is 106 Å². The van der Waals surface area contributed by atoms with E-state index in [1.807, 2.05) is 0 Å². The molecular weight excluding hydrogens is 753 g/mol. The van der Waals surface area contributed by atoms with Crippen LogP contribution in [0.1, 0.15) is 90.2 Å². The molecule has 9 nitrogen and oxygen atoms in total. The number of nitrogens with one attached hydrogen (secondary N) is 2. The highest BCUT2D eigenvalue weighted by molar-refractivity contribution is 7.22. The van der Waals surface area contributed by atoms with Gasteiger partial charge in [-0.05, 0) is 79.3 Å². The highest BCUT2D eigenvalue weighted by Gasteiger charge is 2.22. The van der Waals surface area contributed by atoms with E-state index in [1.54, 1.807) is 0 Å². The third-order valence-corrected chi connectivity index (χ3v) is 8.73. The summed E-state index contributed by atoms with van der Waals surface area (Å²) in [7, 11) is 0.